The molecule has 34 heavy (non-hydrogen) atoms. The van der Waals surface area contributed by atoms with Gasteiger partial charge in [0.15, 0.2) is 5.78 Å². The molecular weight excluding hydrogens is 442 g/mol. The summed E-state index contributed by atoms with van der Waals surface area (Å²) in [6, 6.07) is 8.10. The lowest BCUT2D eigenvalue weighted by Crippen LogP contribution is -2.40. The van der Waals surface area contributed by atoms with Crippen molar-refractivity contribution < 1.29 is 9.59 Å². The summed E-state index contributed by atoms with van der Waals surface area (Å²) in [7, 11) is 0. The van der Waals surface area contributed by atoms with Crippen molar-refractivity contribution in [3.05, 3.63) is 57.4 Å². The van der Waals surface area contributed by atoms with Gasteiger partial charge < -0.3 is 4.90 Å². The van der Waals surface area contributed by atoms with Crippen molar-refractivity contribution >= 4 is 33.2 Å². The summed E-state index contributed by atoms with van der Waals surface area (Å²) >= 11 is 1.50. The van der Waals surface area contributed by atoms with Crippen LogP contribution in [-0.2, 0) is 6.42 Å². The van der Waals surface area contributed by atoms with Crippen LogP contribution in [0.5, 0.6) is 0 Å². The molecule has 2 aliphatic rings. The van der Waals surface area contributed by atoms with Gasteiger partial charge in [-0.2, -0.15) is 0 Å². The number of aryl methyl sites for hydroxylation is 2. The molecule has 1 aliphatic heterocycles. The minimum absolute atomic E-state index is 0.0160. The summed E-state index contributed by atoms with van der Waals surface area (Å²) in [6.07, 6.45) is 4.78. The number of piperidine rings is 1. The van der Waals surface area contributed by atoms with Crippen LogP contribution in [0.3, 0.4) is 0 Å². The predicted octanol–water partition coefficient (Wildman–Crippen LogP) is 6.12. The number of hydrogen-bond acceptors (Lipinski definition) is 5. The third-order valence-corrected chi connectivity index (χ3v) is 8.33. The predicted molar refractivity (Wildman–Crippen MR) is 137 cm³/mol. The van der Waals surface area contributed by atoms with Gasteiger partial charge in [0.2, 0.25) is 0 Å². The standard InChI is InChI=1S/C28H33N3O2S/c1-16(2)15-19-5-7-20(8-6-19)24(32)21-11-13-31(14-12-21)28(33)25-17(3)23-18(4)29-26(22-9-10-22)30-27(23)34-25/h5-8,16,21-22H,9-15H2,1-4H3. The van der Waals surface area contributed by atoms with Crippen LogP contribution >= 0.6 is 11.3 Å². The van der Waals surface area contributed by atoms with Crippen LogP contribution in [0.15, 0.2) is 24.3 Å². The molecule has 0 radical (unpaired) electrons. The van der Waals surface area contributed by atoms with Gasteiger partial charge in [-0.3, -0.25) is 9.59 Å². The molecule has 0 atom stereocenters. The maximum atomic E-state index is 13.4. The highest BCUT2D eigenvalue weighted by Gasteiger charge is 2.32. The van der Waals surface area contributed by atoms with E-state index in [2.05, 4.69) is 26.0 Å². The highest BCUT2D eigenvalue weighted by Crippen LogP contribution is 2.40. The average Bonchev–Trinajstić information content (AvgIpc) is 3.62. The molecule has 2 aromatic heterocycles. The monoisotopic (exact) mass is 475 g/mol. The fourth-order valence-corrected chi connectivity index (χ4v) is 6.30. The quantitative estimate of drug-likeness (QED) is 0.403. The summed E-state index contributed by atoms with van der Waals surface area (Å²) in [6.45, 7) is 9.68. The number of fused-ring (bicyclic) bond motifs is 1. The summed E-state index contributed by atoms with van der Waals surface area (Å²) in [5, 5.41) is 1.03. The number of amides is 1. The number of thiophene rings is 1. The minimum atomic E-state index is -0.0160. The molecule has 1 aromatic carbocycles. The average molecular weight is 476 g/mol. The van der Waals surface area contributed by atoms with Crippen LogP contribution in [0.2, 0.25) is 0 Å². The highest BCUT2D eigenvalue weighted by atomic mass is 32.1. The number of nitrogens with zero attached hydrogens (tertiary/aromatic N) is 3. The lowest BCUT2D eigenvalue weighted by molar-refractivity contribution is 0.0654. The fourth-order valence-electron chi connectivity index (χ4n) is 5.09. The maximum absolute atomic E-state index is 13.4. The first-order chi connectivity index (χ1) is 16.3. The molecular formula is C28H33N3O2S. The van der Waals surface area contributed by atoms with Gasteiger partial charge in [-0.1, -0.05) is 38.1 Å². The first-order valence-electron chi connectivity index (χ1n) is 12.5. The van der Waals surface area contributed by atoms with Crippen LogP contribution in [0, 0.1) is 25.7 Å². The van der Waals surface area contributed by atoms with Crippen molar-refractivity contribution in [2.75, 3.05) is 13.1 Å². The molecule has 6 heteroatoms. The molecule has 1 aliphatic carbocycles. The van der Waals surface area contributed by atoms with Gasteiger partial charge in [-0.05, 0) is 63.0 Å². The van der Waals surface area contributed by atoms with E-state index in [0.29, 0.717) is 37.8 Å². The zero-order valence-corrected chi connectivity index (χ0v) is 21.4. The van der Waals surface area contributed by atoms with Crippen LogP contribution in [0.25, 0.3) is 10.2 Å². The van der Waals surface area contributed by atoms with E-state index >= 15 is 0 Å². The van der Waals surface area contributed by atoms with Crippen molar-refractivity contribution in [1.82, 2.24) is 14.9 Å². The van der Waals surface area contributed by atoms with Gasteiger partial charge >= 0.3 is 0 Å². The summed E-state index contributed by atoms with van der Waals surface area (Å²) < 4.78 is 0. The van der Waals surface area contributed by atoms with E-state index in [1.165, 1.54) is 16.9 Å². The van der Waals surface area contributed by atoms with E-state index in [4.69, 9.17) is 9.97 Å². The van der Waals surface area contributed by atoms with Gasteiger partial charge in [-0.15, -0.1) is 11.3 Å². The topological polar surface area (TPSA) is 63.2 Å². The minimum Gasteiger partial charge on any atom is -0.338 e. The number of aromatic nitrogens is 2. The SMILES string of the molecule is Cc1nc(C2CC2)nc2sc(C(=O)N3CCC(C(=O)c4ccc(CC(C)C)cc4)CC3)c(C)c12. The number of ketones is 1. The van der Waals surface area contributed by atoms with Crippen molar-refractivity contribution in [1.29, 1.82) is 0 Å². The molecule has 0 unspecified atom stereocenters. The Hall–Kier alpha value is -2.60. The Bertz CT molecular complexity index is 1230. The van der Waals surface area contributed by atoms with Gasteiger partial charge in [0.1, 0.15) is 10.7 Å². The number of hydrogen-bond donors (Lipinski definition) is 0. The van der Waals surface area contributed by atoms with Gasteiger partial charge in [0.05, 0.1) is 10.6 Å². The normalized spacial score (nSPS) is 17.0. The second-order valence-electron chi connectivity index (χ2n) is 10.4. The Morgan fingerprint density at radius 1 is 1.03 bits per heavy atom. The first-order valence-corrected chi connectivity index (χ1v) is 13.3. The van der Waals surface area contributed by atoms with Gasteiger partial charge in [0.25, 0.3) is 5.91 Å². The number of rotatable bonds is 6. The lowest BCUT2D eigenvalue weighted by atomic mass is 9.88. The Kier molecular flexibility index (Phi) is 6.28. The number of Topliss-reactive ketones (excluding diaryl/α,β-unsaturated/α-hetero) is 1. The van der Waals surface area contributed by atoms with E-state index in [-0.39, 0.29) is 17.6 Å². The first kappa shape index (κ1) is 23.2. The fraction of sp³-hybridized carbons (Fsp3) is 0.500. The molecule has 178 valence electrons. The third-order valence-electron chi connectivity index (χ3n) is 7.16. The summed E-state index contributed by atoms with van der Waals surface area (Å²) in [5.74, 6) is 2.29. The zero-order chi connectivity index (χ0) is 24.0. The van der Waals surface area contributed by atoms with Crippen molar-refractivity contribution in [2.24, 2.45) is 11.8 Å². The Balaban J connectivity index is 1.26. The largest absolute Gasteiger partial charge is 0.338 e. The molecule has 1 saturated carbocycles. The van der Waals surface area contributed by atoms with E-state index in [0.717, 1.165) is 57.0 Å². The molecule has 5 nitrogen and oxygen atoms in total. The van der Waals surface area contributed by atoms with Crippen LogP contribution < -0.4 is 0 Å². The van der Waals surface area contributed by atoms with Crippen molar-refractivity contribution in [3.8, 4) is 0 Å². The van der Waals surface area contributed by atoms with Crippen molar-refractivity contribution in [2.45, 2.75) is 65.7 Å². The molecule has 5 rings (SSSR count). The molecule has 3 heterocycles. The van der Waals surface area contributed by atoms with E-state index < -0.39 is 0 Å². The Morgan fingerprint density at radius 3 is 2.32 bits per heavy atom. The molecule has 0 N–H and O–H groups in total. The smallest absolute Gasteiger partial charge is 0.264 e. The van der Waals surface area contributed by atoms with Crippen molar-refractivity contribution in [3.63, 3.8) is 0 Å². The lowest BCUT2D eigenvalue weighted by Gasteiger charge is -2.31. The van der Waals surface area contributed by atoms with Crippen LogP contribution in [0.4, 0.5) is 0 Å². The Labute approximate surface area is 205 Å². The number of likely N-dealkylation sites (tertiary alicyclic amines) is 1. The highest BCUT2D eigenvalue weighted by molar-refractivity contribution is 7.20. The molecule has 3 aromatic rings. The number of benzene rings is 1. The maximum Gasteiger partial charge on any atom is 0.264 e. The molecule has 0 bridgehead atoms. The van der Waals surface area contributed by atoms with Crippen LogP contribution in [-0.4, -0.2) is 39.6 Å². The molecule has 2 fully saturated rings. The Morgan fingerprint density at radius 2 is 1.71 bits per heavy atom. The summed E-state index contributed by atoms with van der Waals surface area (Å²) in [4.78, 5) is 39.6. The van der Waals surface area contributed by atoms with Crippen LogP contribution in [0.1, 0.15) is 88.1 Å². The second-order valence-corrected chi connectivity index (χ2v) is 11.4. The zero-order valence-electron chi connectivity index (χ0n) is 20.6. The summed E-state index contributed by atoms with van der Waals surface area (Å²) in [5.41, 5.74) is 4.03. The molecule has 0 spiro atoms. The van der Waals surface area contributed by atoms with Gasteiger partial charge in [0, 0.05) is 35.9 Å². The van der Waals surface area contributed by atoms with Gasteiger partial charge in [-0.25, -0.2) is 9.97 Å². The third kappa shape index (κ3) is 4.52. The second kappa shape index (κ2) is 9.21. The van der Waals surface area contributed by atoms with E-state index in [9.17, 15) is 9.59 Å². The molecule has 1 amide bonds. The number of carbonyl (C=O) groups excluding carboxylic acids is 2. The van der Waals surface area contributed by atoms with E-state index in [1.54, 1.807) is 0 Å². The van der Waals surface area contributed by atoms with E-state index in [1.807, 2.05) is 30.9 Å². The molecule has 1 saturated heterocycles. The number of carbonyl (C=O) groups is 2.